The van der Waals surface area contributed by atoms with Crippen LogP contribution in [0.25, 0.3) is 17.2 Å². The zero-order valence-electron chi connectivity index (χ0n) is 26.3. The van der Waals surface area contributed by atoms with Gasteiger partial charge in [0.25, 0.3) is 11.8 Å². The molecule has 1 atom stereocenters. The zero-order chi connectivity index (χ0) is 33.8. The number of nitrogens with zero attached hydrogens (tertiary/aromatic N) is 1. The van der Waals surface area contributed by atoms with E-state index in [-0.39, 0.29) is 11.6 Å². The second-order valence-electron chi connectivity index (χ2n) is 11.0. The number of carbonyl (C=O) groups is 3. The van der Waals surface area contributed by atoms with Gasteiger partial charge in [0.15, 0.2) is 0 Å². The average Bonchev–Trinajstić information content (AvgIpc) is 3.15. The van der Waals surface area contributed by atoms with Gasteiger partial charge in [-0.1, -0.05) is 109 Å². The van der Waals surface area contributed by atoms with Crippen molar-refractivity contribution in [2.24, 2.45) is 0 Å². The normalized spacial score (nSPS) is 11.6. The fraction of sp³-hybridized carbons (Fsp3) is 0.0244. The molecule has 6 rings (SSSR count). The highest BCUT2D eigenvalue weighted by Gasteiger charge is 2.23. The molecule has 0 bridgehead atoms. The van der Waals surface area contributed by atoms with Crippen molar-refractivity contribution in [2.45, 2.75) is 10.1 Å². The average molecular weight is 661 g/mol. The number of rotatable bonds is 11. The molecule has 0 saturated carbocycles. The summed E-state index contributed by atoms with van der Waals surface area (Å²) in [5.74, 6) is -1.09. The molecule has 1 unspecified atom stereocenters. The molecule has 7 nitrogen and oxygen atoms in total. The highest BCUT2D eigenvalue weighted by atomic mass is 32.2. The van der Waals surface area contributed by atoms with Gasteiger partial charge < -0.3 is 16.0 Å². The number of pyridine rings is 1. The standard InChI is InChI=1S/C41H32N4O3S/c46-39(33-15-8-3-9-16-33)45-37(27-29-19-21-31(22-20-29)30-11-4-1-5-12-30)40(47)44-35-17-10-18-36(28-35)49-38(32-13-6-2-7-14-32)41(48)43-34-23-25-42-26-24-34/h1-28,38H,(H,44,47)(H,45,46)(H,42,43,48)/b37-27+. The molecule has 3 N–H and O–H groups in total. The Morgan fingerprint density at radius 2 is 1.24 bits per heavy atom. The van der Waals surface area contributed by atoms with Crippen molar-refractivity contribution in [3.05, 3.63) is 186 Å². The maximum Gasteiger partial charge on any atom is 0.272 e. The van der Waals surface area contributed by atoms with Crippen LogP contribution >= 0.6 is 11.8 Å². The number of hydrogen-bond donors (Lipinski definition) is 3. The first-order chi connectivity index (χ1) is 24.0. The van der Waals surface area contributed by atoms with Crippen molar-refractivity contribution in [2.75, 3.05) is 10.6 Å². The van der Waals surface area contributed by atoms with Gasteiger partial charge >= 0.3 is 0 Å². The first kappa shape index (κ1) is 32.7. The van der Waals surface area contributed by atoms with Crippen molar-refractivity contribution in [1.82, 2.24) is 10.3 Å². The van der Waals surface area contributed by atoms with Gasteiger partial charge in [-0.3, -0.25) is 19.4 Å². The third-order valence-corrected chi connectivity index (χ3v) is 8.74. The quantitative estimate of drug-likeness (QED) is 0.0955. The topological polar surface area (TPSA) is 100 Å². The van der Waals surface area contributed by atoms with Crippen LogP contribution in [-0.4, -0.2) is 22.7 Å². The summed E-state index contributed by atoms with van der Waals surface area (Å²) in [6.07, 6.45) is 4.90. The van der Waals surface area contributed by atoms with Crippen molar-refractivity contribution in [3.63, 3.8) is 0 Å². The number of nitrogens with one attached hydrogen (secondary N) is 3. The van der Waals surface area contributed by atoms with Crippen molar-refractivity contribution in [3.8, 4) is 11.1 Å². The molecule has 1 aromatic heterocycles. The third-order valence-electron chi connectivity index (χ3n) is 7.49. The van der Waals surface area contributed by atoms with Crippen molar-refractivity contribution in [1.29, 1.82) is 0 Å². The van der Waals surface area contributed by atoms with Gasteiger partial charge in [-0.05, 0) is 70.8 Å². The van der Waals surface area contributed by atoms with E-state index in [1.165, 1.54) is 11.8 Å². The number of thioether (sulfide) groups is 1. The number of benzene rings is 5. The van der Waals surface area contributed by atoms with Crippen molar-refractivity contribution >= 4 is 46.9 Å². The lowest BCUT2D eigenvalue weighted by Gasteiger charge is -2.18. The minimum Gasteiger partial charge on any atom is -0.325 e. The molecule has 0 saturated heterocycles. The Hall–Kier alpha value is -6.25. The van der Waals surface area contributed by atoms with E-state index in [0.717, 1.165) is 27.1 Å². The Morgan fingerprint density at radius 1 is 0.612 bits per heavy atom. The number of carbonyl (C=O) groups excluding carboxylic acids is 3. The lowest BCUT2D eigenvalue weighted by molar-refractivity contribution is -0.116. The van der Waals surface area contributed by atoms with Crippen LogP contribution in [0.2, 0.25) is 0 Å². The van der Waals surface area contributed by atoms with E-state index in [1.807, 2.05) is 109 Å². The van der Waals surface area contributed by atoms with Crippen molar-refractivity contribution < 1.29 is 14.4 Å². The molecule has 1 heterocycles. The van der Waals surface area contributed by atoms with E-state index in [1.54, 1.807) is 60.9 Å². The van der Waals surface area contributed by atoms with Crippen LogP contribution in [0.15, 0.2) is 175 Å². The molecule has 0 aliphatic carbocycles. The summed E-state index contributed by atoms with van der Waals surface area (Å²) in [5, 5.41) is 8.14. The Balaban J connectivity index is 1.23. The highest BCUT2D eigenvalue weighted by molar-refractivity contribution is 8.00. The zero-order valence-corrected chi connectivity index (χ0v) is 27.1. The molecule has 0 aliphatic rings. The number of amides is 3. The second kappa shape index (κ2) is 16.0. The van der Waals surface area contributed by atoms with Gasteiger partial charge in [-0.2, -0.15) is 0 Å². The maximum absolute atomic E-state index is 13.8. The largest absolute Gasteiger partial charge is 0.325 e. The molecular formula is C41H32N4O3S. The SMILES string of the molecule is O=C(Nc1cccc(SC(C(=O)Nc2ccncc2)c2ccccc2)c1)/C(=C\c1ccc(-c2ccccc2)cc1)NC(=O)c1ccccc1. The van der Waals surface area contributed by atoms with Crippen LogP contribution in [0.3, 0.4) is 0 Å². The van der Waals surface area contributed by atoms with E-state index in [2.05, 4.69) is 20.9 Å². The predicted molar refractivity (Wildman–Crippen MR) is 197 cm³/mol. The summed E-state index contributed by atoms with van der Waals surface area (Å²) in [7, 11) is 0. The molecule has 0 radical (unpaired) electrons. The molecule has 49 heavy (non-hydrogen) atoms. The van der Waals surface area contributed by atoms with E-state index >= 15 is 0 Å². The molecule has 0 aliphatic heterocycles. The van der Waals surface area contributed by atoms with E-state index in [0.29, 0.717) is 16.9 Å². The second-order valence-corrected chi connectivity index (χ2v) is 12.2. The minimum atomic E-state index is -0.570. The first-order valence-corrected chi connectivity index (χ1v) is 16.5. The summed E-state index contributed by atoms with van der Waals surface area (Å²) in [6, 6.07) is 46.8. The summed E-state index contributed by atoms with van der Waals surface area (Å²) in [6.45, 7) is 0. The Labute approximate surface area is 289 Å². The van der Waals surface area contributed by atoms with Crippen LogP contribution in [0.1, 0.15) is 26.7 Å². The fourth-order valence-electron chi connectivity index (χ4n) is 5.04. The summed E-state index contributed by atoms with van der Waals surface area (Å²) in [5.41, 5.74) is 5.36. The number of anilines is 2. The smallest absolute Gasteiger partial charge is 0.272 e. The van der Waals surface area contributed by atoms with E-state index < -0.39 is 17.1 Å². The van der Waals surface area contributed by atoms with Crippen LogP contribution in [0, 0.1) is 0 Å². The van der Waals surface area contributed by atoms with Gasteiger partial charge in [-0.25, -0.2) is 0 Å². The Kier molecular flexibility index (Phi) is 10.7. The van der Waals surface area contributed by atoms with E-state index in [4.69, 9.17) is 0 Å². The summed E-state index contributed by atoms with van der Waals surface area (Å²) < 4.78 is 0. The lowest BCUT2D eigenvalue weighted by Crippen LogP contribution is -2.30. The minimum absolute atomic E-state index is 0.0817. The van der Waals surface area contributed by atoms with Gasteiger partial charge in [0, 0.05) is 34.2 Å². The molecule has 5 aromatic carbocycles. The van der Waals surface area contributed by atoms with Gasteiger partial charge in [0.05, 0.1) is 0 Å². The van der Waals surface area contributed by atoms with Crippen LogP contribution in [0.5, 0.6) is 0 Å². The van der Waals surface area contributed by atoms with Gasteiger partial charge in [0.2, 0.25) is 5.91 Å². The van der Waals surface area contributed by atoms with Crippen LogP contribution in [0.4, 0.5) is 11.4 Å². The first-order valence-electron chi connectivity index (χ1n) is 15.6. The third kappa shape index (κ3) is 8.97. The van der Waals surface area contributed by atoms with E-state index in [9.17, 15) is 14.4 Å². The molecule has 240 valence electrons. The lowest BCUT2D eigenvalue weighted by atomic mass is 10.0. The predicted octanol–water partition coefficient (Wildman–Crippen LogP) is 8.63. The van der Waals surface area contributed by atoms with Gasteiger partial charge in [0.1, 0.15) is 10.9 Å². The van der Waals surface area contributed by atoms with Crippen LogP contribution < -0.4 is 16.0 Å². The highest BCUT2D eigenvalue weighted by Crippen LogP contribution is 2.37. The molecule has 0 fully saturated rings. The van der Waals surface area contributed by atoms with Crippen LogP contribution in [-0.2, 0) is 9.59 Å². The van der Waals surface area contributed by atoms with Gasteiger partial charge in [-0.15, -0.1) is 11.8 Å². The monoisotopic (exact) mass is 660 g/mol. The molecule has 8 heteroatoms. The fourth-order valence-corrected chi connectivity index (χ4v) is 6.12. The Morgan fingerprint density at radius 3 is 1.94 bits per heavy atom. The maximum atomic E-state index is 13.8. The number of hydrogen-bond acceptors (Lipinski definition) is 5. The molecular weight excluding hydrogens is 629 g/mol. The Bertz CT molecular complexity index is 2060. The molecule has 3 amide bonds. The molecule has 6 aromatic rings. The summed E-state index contributed by atoms with van der Waals surface area (Å²) >= 11 is 1.37. The number of aromatic nitrogens is 1. The molecule has 0 spiro atoms. The summed E-state index contributed by atoms with van der Waals surface area (Å²) in [4.78, 5) is 45.2.